The van der Waals surface area contributed by atoms with Crippen molar-refractivity contribution in [3.05, 3.63) is 81.8 Å². The van der Waals surface area contributed by atoms with E-state index in [9.17, 15) is 4.79 Å². The molecule has 1 aliphatic heterocycles. The van der Waals surface area contributed by atoms with Crippen molar-refractivity contribution < 1.29 is 4.79 Å². The molecule has 44 heavy (non-hydrogen) atoms. The van der Waals surface area contributed by atoms with Gasteiger partial charge in [-0.15, -0.1) is 0 Å². The number of unbranched alkanes of at least 4 members (excludes halogenated alkanes) is 1. The topological polar surface area (TPSA) is 87.6 Å². The molecule has 3 aromatic carbocycles. The van der Waals surface area contributed by atoms with Crippen LogP contribution in [-0.2, 0) is 17.6 Å². The predicted octanol–water partition coefficient (Wildman–Crippen LogP) is 6.30. The van der Waals surface area contributed by atoms with Crippen LogP contribution in [0.2, 0.25) is 10.0 Å². The number of hydrogen-bond donors (Lipinski definition) is 3. The van der Waals surface area contributed by atoms with Crippen molar-refractivity contribution in [1.82, 2.24) is 15.1 Å². The van der Waals surface area contributed by atoms with E-state index in [2.05, 4.69) is 71.4 Å². The van der Waals surface area contributed by atoms with Crippen LogP contribution in [-0.4, -0.2) is 73.1 Å². The van der Waals surface area contributed by atoms with E-state index in [1.165, 1.54) is 10.8 Å². The fourth-order valence-corrected chi connectivity index (χ4v) is 6.99. The molecule has 0 bridgehead atoms. The van der Waals surface area contributed by atoms with Crippen LogP contribution in [0.1, 0.15) is 57.1 Å². The van der Waals surface area contributed by atoms with Crippen LogP contribution in [0.3, 0.4) is 0 Å². The van der Waals surface area contributed by atoms with Crippen molar-refractivity contribution in [2.75, 3.05) is 39.3 Å². The van der Waals surface area contributed by atoms with E-state index in [0.717, 1.165) is 82.5 Å². The molecule has 0 saturated carbocycles. The Bertz CT molecular complexity index is 1330. The van der Waals surface area contributed by atoms with Crippen LogP contribution in [0.4, 0.5) is 0 Å². The van der Waals surface area contributed by atoms with Crippen LogP contribution in [0, 0.1) is 5.92 Å². The van der Waals surface area contributed by atoms with Gasteiger partial charge in [0.1, 0.15) is 0 Å². The monoisotopic (exact) mass is 639 g/mol. The first-order valence-electron chi connectivity index (χ1n) is 16.3. The molecule has 3 atom stereocenters. The van der Waals surface area contributed by atoms with Crippen molar-refractivity contribution in [3.63, 3.8) is 0 Å². The van der Waals surface area contributed by atoms with Gasteiger partial charge in [0.05, 0.1) is 6.42 Å². The van der Waals surface area contributed by atoms with Gasteiger partial charge in [-0.1, -0.05) is 85.6 Å². The van der Waals surface area contributed by atoms with Crippen molar-refractivity contribution in [1.29, 1.82) is 0 Å². The molecule has 1 unspecified atom stereocenters. The smallest absolute Gasteiger partial charge is 0.227 e. The third kappa shape index (κ3) is 10.4. The number of benzene rings is 3. The minimum atomic E-state index is -0.0786. The third-order valence-electron chi connectivity index (χ3n) is 8.71. The zero-order valence-electron chi connectivity index (χ0n) is 26.5. The Morgan fingerprint density at radius 3 is 2.48 bits per heavy atom. The van der Waals surface area contributed by atoms with Gasteiger partial charge >= 0.3 is 0 Å². The van der Waals surface area contributed by atoms with Crippen LogP contribution in [0.15, 0.2) is 60.7 Å². The highest BCUT2D eigenvalue weighted by molar-refractivity contribution is 6.35. The number of nitrogens with one attached hydrogen (secondary N) is 1. The SMILES string of the molecule is CC(C)C[C@@H]1CN(CC(N)Cc2ccc(Cl)cc2Cl)[C@@H](CCCNCCCCN)CN1C(=O)Cc1ccc2ccccc2c1. The van der Waals surface area contributed by atoms with Crippen molar-refractivity contribution in [3.8, 4) is 0 Å². The van der Waals surface area contributed by atoms with Gasteiger partial charge in [0.2, 0.25) is 5.91 Å². The molecule has 1 fully saturated rings. The van der Waals surface area contributed by atoms with E-state index in [-0.39, 0.29) is 24.0 Å². The zero-order valence-corrected chi connectivity index (χ0v) is 28.0. The summed E-state index contributed by atoms with van der Waals surface area (Å²) in [7, 11) is 0. The lowest BCUT2D eigenvalue weighted by Gasteiger charge is -2.48. The van der Waals surface area contributed by atoms with Gasteiger partial charge in [0, 0.05) is 47.8 Å². The first-order valence-corrected chi connectivity index (χ1v) is 17.1. The first-order chi connectivity index (χ1) is 21.2. The summed E-state index contributed by atoms with van der Waals surface area (Å²) < 4.78 is 0. The molecule has 1 amide bonds. The van der Waals surface area contributed by atoms with E-state index >= 15 is 0 Å². The Kier molecular flexibility index (Phi) is 13.8. The van der Waals surface area contributed by atoms with Gasteiger partial charge in [-0.25, -0.2) is 0 Å². The number of nitrogens with two attached hydrogens (primary N) is 2. The van der Waals surface area contributed by atoms with E-state index in [1.54, 1.807) is 6.07 Å². The molecule has 4 rings (SSSR count). The molecule has 0 radical (unpaired) electrons. The second kappa shape index (κ2) is 17.5. The molecule has 5 N–H and O–H groups in total. The summed E-state index contributed by atoms with van der Waals surface area (Å²) in [5, 5.41) is 7.23. The number of nitrogens with zero attached hydrogens (tertiary/aromatic N) is 2. The Labute approximate surface area is 274 Å². The summed E-state index contributed by atoms with van der Waals surface area (Å²) in [4.78, 5) is 18.7. The van der Waals surface area contributed by atoms with Crippen LogP contribution in [0.25, 0.3) is 10.8 Å². The van der Waals surface area contributed by atoms with Gasteiger partial charge in [-0.2, -0.15) is 0 Å². The van der Waals surface area contributed by atoms with Gasteiger partial charge < -0.3 is 21.7 Å². The van der Waals surface area contributed by atoms with Crippen molar-refractivity contribution in [2.24, 2.45) is 17.4 Å². The number of halogens is 2. The highest BCUT2D eigenvalue weighted by Crippen LogP contribution is 2.27. The average Bonchev–Trinajstić information content (AvgIpc) is 2.98. The predicted molar refractivity (Wildman–Crippen MR) is 187 cm³/mol. The fourth-order valence-electron chi connectivity index (χ4n) is 6.50. The van der Waals surface area contributed by atoms with E-state index in [4.69, 9.17) is 34.7 Å². The number of piperazine rings is 1. The molecule has 6 nitrogen and oxygen atoms in total. The molecule has 0 aromatic heterocycles. The molecule has 0 aliphatic carbocycles. The Morgan fingerprint density at radius 2 is 1.73 bits per heavy atom. The lowest BCUT2D eigenvalue weighted by Crippen LogP contribution is -2.62. The lowest BCUT2D eigenvalue weighted by atomic mass is 9.94. The largest absolute Gasteiger partial charge is 0.337 e. The number of rotatable bonds is 16. The first kappa shape index (κ1) is 34.7. The van der Waals surface area contributed by atoms with E-state index in [0.29, 0.717) is 28.8 Å². The number of carbonyl (C=O) groups excluding carboxylic acids is 1. The maximum atomic E-state index is 14.0. The van der Waals surface area contributed by atoms with Gasteiger partial charge in [-0.3, -0.25) is 9.69 Å². The van der Waals surface area contributed by atoms with E-state index in [1.807, 2.05) is 12.1 Å². The molecule has 1 saturated heterocycles. The lowest BCUT2D eigenvalue weighted by molar-refractivity contribution is -0.138. The Hall–Kier alpha value is -2.19. The molecule has 8 heteroatoms. The molecular formula is C36H51Cl2N5O. The maximum Gasteiger partial charge on any atom is 0.227 e. The van der Waals surface area contributed by atoms with Gasteiger partial charge in [0.15, 0.2) is 0 Å². The summed E-state index contributed by atoms with van der Waals surface area (Å²) in [6, 6.07) is 20.7. The second-order valence-corrected chi connectivity index (χ2v) is 13.7. The van der Waals surface area contributed by atoms with Gasteiger partial charge in [-0.05, 0) is 98.1 Å². The normalized spacial score (nSPS) is 18.3. The summed E-state index contributed by atoms with van der Waals surface area (Å²) >= 11 is 12.6. The third-order valence-corrected chi connectivity index (χ3v) is 9.29. The fraction of sp³-hybridized carbons (Fsp3) is 0.528. The number of hydrogen-bond acceptors (Lipinski definition) is 5. The molecule has 3 aromatic rings. The Morgan fingerprint density at radius 1 is 0.955 bits per heavy atom. The van der Waals surface area contributed by atoms with Crippen LogP contribution in [0.5, 0.6) is 0 Å². The summed E-state index contributed by atoms with van der Waals surface area (Å²) in [5.74, 6) is 0.696. The maximum absolute atomic E-state index is 14.0. The van der Waals surface area contributed by atoms with Crippen LogP contribution >= 0.6 is 23.2 Å². The van der Waals surface area contributed by atoms with E-state index < -0.39 is 0 Å². The van der Waals surface area contributed by atoms with Crippen molar-refractivity contribution >= 4 is 39.9 Å². The molecule has 1 heterocycles. The highest BCUT2D eigenvalue weighted by Gasteiger charge is 2.36. The Balaban J connectivity index is 1.48. The average molecular weight is 641 g/mol. The van der Waals surface area contributed by atoms with Crippen molar-refractivity contribution in [2.45, 2.75) is 76.9 Å². The molecule has 0 spiro atoms. The number of carbonyl (C=O) groups is 1. The summed E-state index contributed by atoms with van der Waals surface area (Å²) in [5.41, 5.74) is 14.5. The van der Waals surface area contributed by atoms with Crippen LogP contribution < -0.4 is 16.8 Å². The summed E-state index contributed by atoms with van der Waals surface area (Å²) in [6.07, 6.45) is 6.26. The van der Waals surface area contributed by atoms with Gasteiger partial charge in [0.25, 0.3) is 0 Å². The minimum Gasteiger partial charge on any atom is -0.337 e. The standard InChI is InChI=1S/C36H51Cl2N5O/c1-26(2)18-34-24-42(23-32(40)21-30-13-14-31(37)22-35(30)38)33(10-7-17-41-16-6-5-15-39)25-43(34)36(44)20-27-11-12-28-8-3-4-9-29(28)19-27/h3-4,8-9,11-14,19,22,26,32-34,41H,5-7,10,15-18,20-21,23-25,39-40H2,1-2H3/t32?,33-,34+/m0/s1. The summed E-state index contributed by atoms with van der Waals surface area (Å²) in [6.45, 7) is 9.49. The molecule has 240 valence electrons. The number of amides is 1. The molecular weight excluding hydrogens is 589 g/mol. The quantitative estimate of drug-likeness (QED) is 0.160. The highest BCUT2D eigenvalue weighted by atomic mass is 35.5. The zero-order chi connectivity index (χ0) is 31.5. The number of fused-ring (bicyclic) bond motifs is 1. The molecule has 1 aliphatic rings. The minimum absolute atomic E-state index is 0.0786. The second-order valence-electron chi connectivity index (χ2n) is 12.9.